The van der Waals surface area contributed by atoms with Crippen molar-refractivity contribution in [3.63, 3.8) is 0 Å². The van der Waals surface area contributed by atoms with Gasteiger partial charge in [0.2, 0.25) is 11.8 Å². The number of hydrogen-bond donors (Lipinski definition) is 2. The van der Waals surface area contributed by atoms with Crippen molar-refractivity contribution in [3.05, 3.63) is 18.2 Å². The fourth-order valence-electron chi connectivity index (χ4n) is 2.91. The third kappa shape index (κ3) is 5.63. The van der Waals surface area contributed by atoms with E-state index in [0.717, 1.165) is 0 Å². The van der Waals surface area contributed by atoms with Crippen LogP contribution in [0.15, 0.2) is 18.2 Å². The van der Waals surface area contributed by atoms with E-state index in [2.05, 4.69) is 5.32 Å². The van der Waals surface area contributed by atoms with Gasteiger partial charge in [-0.3, -0.25) is 14.5 Å². The normalized spacial score (nSPS) is 15.6. The van der Waals surface area contributed by atoms with Crippen LogP contribution in [0.4, 0.5) is 5.69 Å². The summed E-state index contributed by atoms with van der Waals surface area (Å²) in [5.74, 6) is 0.854. The summed E-state index contributed by atoms with van der Waals surface area (Å²) in [7, 11) is 0. The number of nitrogens with two attached hydrogens (primary N) is 1. The molecule has 138 valence electrons. The fraction of sp³-hybridized carbons (Fsp3) is 0.556. The molecule has 0 aliphatic carbocycles. The second kappa shape index (κ2) is 9.27. The molecule has 2 amide bonds. The van der Waals surface area contributed by atoms with Crippen molar-refractivity contribution in [2.24, 2.45) is 11.7 Å². The van der Waals surface area contributed by atoms with E-state index in [0.29, 0.717) is 56.3 Å². The van der Waals surface area contributed by atoms with Gasteiger partial charge in [-0.05, 0) is 51.9 Å². The first-order chi connectivity index (χ1) is 12.0. The fourth-order valence-corrected chi connectivity index (χ4v) is 2.91. The zero-order valence-corrected chi connectivity index (χ0v) is 14.9. The van der Waals surface area contributed by atoms with Crippen LogP contribution in [0.3, 0.4) is 0 Å². The van der Waals surface area contributed by atoms with Gasteiger partial charge in [0.25, 0.3) is 0 Å². The first kappa shape index (κ1) is 19.1. The topological polar surface area (TPSA) is 93.9 Å². The maximum absolute atomic E-state index is 12.4. The molecule has 1 fully saturated rings. The van der Waals surface area contributed by atoms with Crippen LogP contribution in [0.5, 0.6) is 11.5 Å². The van der Waals surface area contributed by atoms with Gasteiger partial charge in [-0.25, -0.2) is 0 Å². The number of nitrogens with one attached hydrogen (secondary N) is 1. The van der Waals surface area contributed by atoms with E-state index in [9.17, 15) is 9.59 Å². The minimum Gasteiger partial charge on any atom is -0.494 e. The molecule has 3 N–H and O–H groups in total. The molecule has 1 heterocycles. The summed E-state index contributed by atoms with van der Waals surface area (Å²) in [6, 6.07) is 5.38. The average molecular weight is 349 g/mol. The molecule has 1 aliphatic heterocycles. The predicted octanol–water partition coefficient (Wildman–Crippen LogP) is 1.62. The number of amides is 2. The molecule has 0 unspecified atom stereocenters. The van der Waals surface area contributed by atoms with Crippen molar-refractivity contribution in [2.75, 3.05) is 38.2 Å². The highest BCUT2D eigenvalue weighted by molar-refractivity contribution is 5.94. The molecule has 0 atom stereocenters. The molecule has 0 bridgehead atoms. The Morgan fingerprint density at radius 2 is 1.88 bits per heavy atom. The number of hydrogen-bond acceptors (Lipinski definition) is 5. The molecule has 7 nitrogen and oxygen atoms in total. The number of nitrogens with zero attached hydrogens (tertiary/aromatic N) is 1. The molecule has 25 heavy (non-hydrogen) atoms. The Balaban J connectivity index is 1.95. The van der Waals surface area contributed by atoms with E-state index in [4.69, 9.17) is 15.2 Å². The Hall–Kier alpha value is -2.28. The number of ether oxygens (including phenoxy) is 2. The molecule has 0 radical (unpaired) electrons. The van der Waals surface area contributed by atoms with Crippen molar-refractivity contribution in [3.8, 4) is 11.5 Å². The average Bonchev–Trinajstić information content (AvgIpc) is 2.58. The Labute approximate surface area is 148 Å². The van der Waals surface area contributed by atoms with Crippen LogP contribution in [0, 0.1) is 5.92 Å². The Morgan fingerprint density at radius 3 is 2.48 bits per heavy atom. The summed E-state index contributed by atoms with van der Waals surface area (Å²) >= 11 is 0. The number of carbonyl (C=O) groups excluding carboxylic acids is 2. The zero-order chi connectivity index (χ0) is 18.2. The lowest BCUT2D eigenvalue weighted by Gasteiger charge is -2.29. The molecule has 1 aromatic rings. The summed E-state index contributed by atoms with van der Waals surface area (Å²) < 4.78 is 11.1. The van der Waals surface area contributed by atoms with Crippen LogP contribution in [-0.2, 0) is 9.59 Å². The van der Waals surface area contributed by atoms with Crippen LogP contribution in [0.2, 0.25) is 0 Å². The Bertz CT molecular complexity index is 598. The highest BCUT2D eigenvalue weighted by Crippen LogP contribution is 2.29. The van der Waals surface area contributed by atoms with E-state index < -0.39 is 0 Å². The number of piperidine rings is 1. The van der Waals surface area contributed by atoms with Crippen LogP contribution in [0.25, 0.3) is 0 Å². The maximum Gasteiger partial charge on any atom is 0.238 e. The van der Waals surface area contributed by atoms with Gasteiger partial charge in [-0.1, -0.05) is 0 Å². The lowest BCUT2D eigenvalue weighted by molar-refractivity contribution is -0.123. The van der Waals surface area contributed by atoms with Gasteiger partial charge in [0.1, 0.15) is 11.5 Å². The molecule has 7 heteroatoms. The summed E-state index contributed by atoms with van der Waals surface area (Å²) in [6.07, 6.45) is 1.40. The van der Waals surface area contributed by atoms with Crippen molar-refractivity contribution >= 4 is 17.5 Å². The summed E-state index contributed by atoms with van der Waals surface area (Å²) in [5, 5.41) is 2.90. The molecule has 1 aliphatic rings. The summed E-state index contributed by atoms with van der Waals surface area (Å²) in [6.45, 7) is 6.52. The Kier molecular flexibility index (Phi) is 7.06. The number of likely N-dealkylation sites (tertiary alicyclic amines) is 1. The van der Waals surface area contributed by atoms with E-state index in [1.54, 1.807) is 12.1 Å². The highest BCUT2D eigenvalue weighted by Gasteiger charge is 2.24. The second-order valence-corrected chi connectivity index (χ2v) is 6.02. The number of primary amides is 1. The first-order valence-corrected chi connectivity index (χ1v) is 8.74. The molecule has 2 rings (SSSR count). The van der Waals surface area contributed by atoms with Crippen molar-refractivity contribution in [2.45, 2.75) is 26.7 Å². The van der Waals surface area contributed by atoms with Crippen molar-refractivity contribution < 1.29 is 19.1 Å². The van der Waals surface area contributed by atoms with E-state index >= 15 is 0 Å². The molecular weight excluding hydrogens is 322 g/mol. The number of rotatable bonds is 8. The summed E-state index contributed by atoms with van der Waals surface area (Å²) in [4.78, 5) is 25.6. The molecule has 1 aromatic carbocycles. The lowest BCUT2D eigenvalue weighted by atomic mass is 9.96. The predicted molar refractivity (Wildman–Crippen MR) is 95.8 cm³/mol. The van der Waals surface area contributed by atoms with Gasteiger partial charge in [0.15, 0.2) is 0 Å². The molecule has 0 saturated carbocycles. The lowest BCUT2D eigenvalue weighted by Crippen LogP contribution is -2.42. The van der Waals surface area contributed by atoms with Gasteiger partial charge in [0.05, 0.1) is 25.4 Å². The monoisotopic (exact) mass is 349 g/mol. The molecule has 0 spiro atoms. The van der Waals surface area contributed by atoms with Gasteiger partial charge in [-0.15, -0.1) is 0 Å². The molecule has 1 saturated heterocycles. The zero-order valence-electron chi connectivity index (χ0n) is 14.9. The number of anilines is 1. The van der Waals surface area contributed by atoms with E-state index in [-0.39, 0.29) is 24.3 Å². The minimum atomic E-state index is -0.252. The van der Waals surface area contributed by atoms with Gasteiger partial charge in [0, 0.05) is 12.0 Å². The SMILES string of the molecule is CCOc1ccc(OCC)c(NC(=O)CN2CCC(C(N)=O)CC2)c1. The van der Waals surface area contributed by atoms with Crippen LogP contribution >= 0.6 is 0 Å². The Morgan fingerprint density at radius 1 is 1.20 bits per heavy atom. The van der Waals surface area contributed by atoms with Gasteiger partial charge >= 0.3 is 0 Å². The molecule has 0 aromatic heterocycles. The quantitative estimate of drug-likeness (QED) is 0.744. The van der Waals surface area contributed by atoms with Gasteiger partial charge in [-0.2, -0.15) is 0 Å². The third-order valence-electron chi connectivity index (χ3n) is 4.19. The number of carbonyl (C=O) groups is 2. The largest absolute Gasteiger partial charge is 0.494 e. The van der Waals surface area contributed by atoms with Crippen LogP contribution in [-0.4, -0.2) is 49.6 Å². The van der Waals surface area contributed by atoms with Gasteiger partial charge < -0.3 is 20.5 Å². The smallest absolute Gasteiger partial charge is 0.238 e. The molecular formula is C18H27N3O4. The number of benzene rings is 1. The standard InChI is InChI=1S/C18H27N3O4/c1-3-24-14-5-6-16(25-4-2)15(11-14)20-17(22)12-21-9-7-13(8-10-21)18(19)23/h5-6,11,13H,3-4,7-10,12H2,1-2H3,(H2,19,23)(H,20,22). The maximum atomic E-state index is 12.4. The van der Waals surface area contributed by atoms with E-state index in [1.807, 2.05) is 24.8 Å². The van der Waals surface area contributed by atoms with Crippen LogP contribution < -0.4 is 20.5 Å². The van der Waals surface area contributed by atoms with Crippen molar-refractivity contribution in [1.82, 2.24) is 4.90 Å². The van der Waals surface area contributed by atoms with Crippen molar-refractivity contribution in [1.29, 1.82) is 0 Å². The first-order valence-electron chi connectivity index (χ1n) is 8.74. The van der Waals surface area contributed by atoms with E-state index in [1.165, 1.54) is 0 Å². The van der Waals surface area contributed by atoms with Crippen LogP contribution in [0.1, 0.15) is 26.7 Å². The third-order valence-corrected chi connectivity index (χ3v) is 4.19. The minimum absolute atomic E-state index is 0.0771. The second-order valence-electron chi connectivity index (χ2n) is 6.02. The summed E-state index contributed by atoms with van der Waals surface area (Å²) in [5.41, 5.74) is 5.94. The highest BCUT2D eigenvalue weighted by atomic mass is 16.5.